The molecule has 0 aromatic carbocycles. The molecule has 1 heterocycles. The van der Waals surface area contributed by atoms with E-state index in [1.165, 1.54) is 6.33 Å². The highest BCUT2D eigenvalue weighted by atomic mass is 16.5. The fraction of sp³-hybridized carbons (Fsp3) is 0.467. The van der Waals surface area contributed by atoms with Crippen LogP contribution in [0.15, 0.2) is 18.0 Å². The minimum Gasteiger partial charge on any atom is -0.481 e. The minimum atomic E-state index is -0.386. The monoisotopic (exact) mass is 269 g/mol. The third-order valence-electron chi connectivity index (χ3n) is 4.50. The van der Waals surface area contributed by atoms with Gasteiger partial charge in [0.2, 0.25) is 5.88 Å². The Labute approximate surface area is 117 Å². The Kier molecular flexibility index (Phi) is 2.82. The summed E-state index contributed by atoms with van der Waals surface area (Å²) in [4.78, 5) is 20.5. The molecule has 0 fully saturated rings. The van der Waals surface area contributed by atoms with Crippen molar-refractivity contribution in [1.82, 2.24) is 9.97 Å². The first-order valence-corrected chi connectivity index (χ1v) is 6.64. The summed E-state index contributed by atoms with van der Waals surface area (Å²) in [5, 5.41) is 9.12. The molecule has 0 spiro atoms. The van der Waals surface area contributed by atoms with E-state index in [1.54, 1.807) is 13.2 Å². The van der Waals surface area contributed by atoms with Crippen LogP contribution in [0.1, 0.15) is 31.0 Å². The van der Waals surface area contributed by atoms with Crippen LogP contribution >= 0.6 is 0 Å². The largest absolute Gasteiger partial charge is 0.481 e. The van der Waals surface area contributed by atoms with Crippen molar-refractivity contribution >= 4 is 5.78 Å². The average Bonchev–Trinajstić information content (AvgIpc) is 2.47. The van der Waals surface area contributed by atoms with Crippen molar-refractivity contribution in [3.8, 4) is 11.9 Å². The number of allylic oxidation sites excluding steroid dienone is 2. The highest BCUT2D eigenvalue weighted by Gasteiger charge is 2.45. The smallest absolute Gasteiger partial charge is 0.219 e. The fourth-order valence-electron chi connectivity index (χ4n) is 3.38. The van der Waals surface area contributed by atoms with Crippen LogP contribution in [0.5, 0.6) is 5.88 Å². The number of carbonyl (C=O) groups excluding carboxylic acids is 1. The number of Topliss-reactive ketones (excluding diaryl/α,β-unsaturated/α-hetero) is 1. The van der Waals surface area contributed by atoms with Crippen molar-refractivity contribution in [2.45, 2.75) is 31.6 Å². The van der Waals surface area contributed by atoms with E-state index in [0.29, 0.717) is 12.3 Å². The summed E-state index contributed by atoms with van der Waals surface area (Å²) in [6.45, 7) is 2.05. The van der Waals surface area contributed by atoms with Crippen LogP contribution < -0.4 is 4.74 Å². The van der Waals surface area contributed by atoms with Gasteiger partial charge in [0.15, 0.2) is 5.78 Å². The first-order chi connectivity index (χ1) is 9.60. The topological polar surface area (TPSA) is 75.9 Å². The number of methoxy groups -OCH3 is 1. The Morgan fingerprint density at radius 2 is 2.30 bits per heavy atom. The van der Waals surface area contributed by atoms with Gasteiger partial charge in [-0.2, -0.15) is 5.26 Å². The molecule has 5 heteroatoms. The molecule has 0 saturated heterocycles. The van der Waals surface area contributed by atoms with Gasteiger partial charge in [0.05, 0.1) is 18.4 Å². The minimum absolute atomic E-state index is 0.0561. The second-order valence-electron chi connectivity index (χ2n) is 5.53. The standard InChI is InChI=1S/C15H15N3O2/c1-15-6-9(7-16)12(19)5-10(15)3-4-11-13(15)17-8-18-14(11)20-2/h6,8,10H,3-5H2,1-2H3. The molecule has 20 heavy (non-hydrogen) atoms. The lowest BCUT2D eigenvalue weighted by Gasteiger charge is -2.42. The molecular formula is C15H15N3O2. The molecular weight excluding hydrogens is 254 g/mol. The third kappa shape index (κ3) is 1.64. The molecule has 2 atom stereocenters. The molecule has 0 bridgehead atoms. The summed E-state index contributed by atoms with van der Waals surface area (Å²) in [5.41, 5.74) is 1.75. The van der Waals surface area contributed by atoms with Gasteiger partial charge >= 0.3 is 0 Å². The van der Waals surface area contributed by atoms with Crippen LogP contribution in [-0.2, 0) is 16.6 Å². The third-order valence-corrected chi connectivity index (χ3v) is 4.50. The first-order valence-electron chi connectivity index (χ1n) is 6.64. The van der Waals surface area contributed by atoms with E-state index in [0.717, 1.165) is 24.1 Å². The Hall–Kier alpha value is -2.22. The highest BCUT2D eigenvalue weighted by molar-refractivity contribution is 6.00. The first kappa shape index (κ1) is 12.8. The number of hydrogen-bond acceptors (Lipinski definition) is 5. The number of nitriles is 1. The quantitative estimate of drug-likeness (QED) is 0.776. The molecule has 0 aliphatic heterocycles. The van der Waals surface area contributed by atoms with Crippen molar-refractivity contribution in [2.24, 2.45) is 5.92 Å². The second-order valence-corrected chi connectivity index (χ2v) is 5.53. The molecule has 1 aromatic rings. The zero-order chi connectivity index (χ0) is 14.3. The van der Waals surface area contributed by atoms with Gasteiger partial charge in [-0.15, -0.1) is 0 Å². The van der Waals surface area contributed by atoms with Gasteiger partial charge in [0.1, 0.15) is 12.4 Å². The Bertz CT molecular complexity index is 660. The van der Waals surface area contributed by atoms with Crippen LogP contribution in [0, 0.1) is 17.2 Å². The zero-order valence-electron chi connectivity index (χ0n) is 11.5. The Morgan fingerprint density at radius 1 is 1.50 bits per heavy atom. The van der Waals surface area contributed by atoms with Crippen molar-refractivity contribution in [2.75, 3.05) is 7.11 Å². The number of nitrogens with zero attached hydrogens (tertiary/aromatic N) is 3. The predicted octanol–water partition coefficient (Wildman–Crippen LogP) is 1.73. The van der Waals surface area contributed by atoms with Gasteiger partial charge < -0.3 is 4.74 Å². The normalized spacial score (nSPS) is 27.9. The number of ether oxygens (including phenoxy) is 1. The predicted molar refractivity (Wildman–Crippen MR) is 71.1 cm³/mol. The lowest BCUT2D eigenvalue weighted by molar-refractivity contribution is -0.117. The van der Waals surface area contributed by atoms with Crippen LogP contribution in [0.25, 0.3) is 0 Å². The van der Waals surface area contributed by atoms with Gasteiger partial charge in [-0.3, -0.25) is 4.79 Å². The van der Waals surface area contributed by atoms with Crippen molar-refractivity contribution in [3.63, 3.8) is 0 Å². The number of hydrogen-bond donors (Lipinski definition) is 0. The lowest BCUT2D eigenvalue weighted by atomic mass is 9.61. The van der Waals surface area contributed by atoms with Crippen LogP contribution in [0.4, 0.5) is 0 Å². The zero-order valence-corrected chi connectivity index (χ0v) is 11.5. The van der Waals surface area contributed by atoms with Crippen molar-refractivity contribution in [1.29, 1.82) is 5.26 Å². The SMILES string of the molecule is COc1ncnc2c1CCC1CC(=O)C(C#N)=CC21C. The maximum Gasteiger partial charge on any atom is 0.219 e. The summed E-state index contributed by atoms with van der Waals surface area (Å²) in [5.74, 6) is 0.733. The van der Waals surface area contributed by atoms with E-state index in [1.807, 2.05) is 13.0 Å². The summed E-state index contributed by atoms with van der Waals surface area (Å²) in [6, 6.07) is 2.01. The molecule has 1 aromatic heterocycles. The Morgan fingerprint density at radius 3 is 3.00 bits per heavy atom. The van der Waals surface area contributed by atoms with E-state index in [4.69, 9.17) is 10.00 Å². The summed E-state index contributed by atoms with van der Waals surface area (Å²) in [6.07, 6.45) is 5.38. The van der Waals surface area contributed by atoms with Gasteiger partial charge in [-0.1, -0.05) is 13.0 Å². The van der Waals surface area contributed by atoms with Gasteiger partial charge in [0, 0.05) is 17.4 Å². The molecule has 3 rings (SSSR count). The maximum atomic E-state index is 11.9. The van der Waals surface area contributed by atoms with E-state index in [2.05, 4.69) is 9.97 Å². The summed E-state index contributed by atoms with van der Waals surface area (Å²) in [7, 11) is 1.60. The Balaban J connectivity index is 2.21. The van der Waals surface area contributed by atoms with E-state index in [-0.39, 0.29) is 22.7 Å². The van der Waals surface area contributed by atoms with E-state index < -0.39 is 0 Å². The number of carbonyl (C=O) groups is 1. The second kappa shape index (κ2) is 4.41. The van der Waals surface area contributed by atoms with E-state index >= 15 is 0 Å². The van der Waals surface area contributed by atoms with Crippen LogP contribution in [0.3, 0.4) is 0 Å². The molecule has 102 valence electrons. The van der Waals surface area contributed by atoms with Gasteiger partial charge in [-0.05, 0) is 18.8 Å². The molecule has 2 aliphatic carbocycles. The molecule has 2 aliphatic rings. The number of fused-ring (bicyclic) bond motifs is 3. The molecule has 0 amide bonds. The van der Waals surface area contributed by atoms with Crippen molar-refractivity contribution < 1.29 is 9.53 Å². The molecule has 2 unspecified atom stereocenters. The van der Waals surface area contributed by atoms with Gasteiger partial charge in [-0.25, -0.2) is 9.97 Å². The summed E-state index contributed by atoms with van der Waals surface area (Å²) >= 11 is 0. The molecule has 0 saturated carbocycles. The molecule has 0 N–H and O–H groups in total. The van der Waals surface area contributed by atoms with Crippen LogP contribution in [-0.4, -0.2) is 22.9 Å². The number of rotatable bonds is 1. The van der Waals surface area contributed by atoms with Gasteiger partial charge in [0.25, 0.3) is 0 Å². The summed E-state index contributed by atoms with van der Waals surface area (Å²) < 4.78 is 5.31. The lowest BCUT2D eigenvalue weighted by Crippen LogP contribution is -2.41. The fourth-order valence-corrected chi connectivity index (χ4v) is 3.38. The van der Waals surface area contributed by atoms with Crippen LogP contribution in [0.2, 0.25) is 0 Å². The highest BCUT2D eigenvalue weighted by Crippen LogP contribution is 2.47. The van der Waals surface area contributed by atoms with Crippen molar-refractivity contribution in [3.05, 3.63) is 29.2 Å². The average molecular weight is 269 g/mol. The molecule has 0 radical (unpaired) electrons. The van der Waals surface area contributed by atoms with E-state index in [9.17, 15) is 4.79 Å². The molecule has 5 nitrogen and oxygen atoms in total. The number of ketones is 1. The number of aromatic nitrogens is 2. The maximum absolute atomic E-state index is 11.9.